The van der Waals surface area contributed by atoms with Crippen LogP contribution in [0.2, 0.25) is 0 Å². The van der Waals surface area contributed by atoms with Crippen LogP contribution < -0.4 is 11.1 Å². The number of ether oxygens (including phenoxy) is 2. The second kappa shape index (κ2) is 9.74. The Kier molecular flexibility index (Phi) is 9.20. The van der Waals surface area contributed by atoms with E-state index in [-0.39, 0.29) is 24.9 Å². The summed E-state index contributed by atoms with van der Waals surface area (Å²) in [5, 5.41) is 2.80. The van der Waals surface area contributed by atoms with Gasteiger partial charge in [0.15, 0.2) is 0 Å². The summed E-state index contributed by atoms with van der Waals surface area (Å²) in [7, 11) is 1.56. The molecule has 1 amide bonds. The van der Waals surface area contributed by atoms with E-state index >= 15 is 0 Å². The van der Waals surface area contributed by atoms with Crippen molar-refractivity contribution in [2.24, 2.45) is 5.73 Å². The van der Waals surface area contributed by atoms with Crippen LogP contribution in [0.5, 0.6) is 0 Å². The van der Waals surface area contributed by atoms with E-state index in [2.05, 4.69) is 5.32 Å². The standard InChI is InChI=1S/C15H23FN2O3.ClH/c1-15(2,10-17)18-14(19)11-4-5-13(16)12(8-11)9-21-7-6-20-3;/h4-5,8H,6-7,9-10,17H2,1-3H3,(H,18,19);1H. The molecule has 1 aromatic rings. The molecule has 0 bridgehead atoms. The molecule has 0 fully saturated rings. The van der Waals surface area contributed by atoms with Gasteiger partial charge in [-0.1, -0.05) is 0 Å². The van der Waals surface area contributed by atoms with Gasteiger partial charge in [-0.3, -0.25) is 4.79 Å². The molecule has 0 saturated carbocycles. The van der Waals surface area contributed by atoms with Gasteiger partial charge in [0.25, 0.3) is 5.91 Å². The maximum Gasteiger partial charge on any atom is 0.251 e. The predicted molar refractivity (Wildman–Crippen MR) is 85.8 cm³/mol. The third kappa shape index (κ3) is 6.70. The second-order valence-electron chi connectivity index (χ2n) is 5.39. The Hall–Kier alpha value is -1.21. The van der Waals surface area contributed by atoms with Gasteiger partial charge in [-0.05, 0) is 32.0 Å². The van der Waals surface area contributed by atoms with Crippen LogP contribution in [0.3, 0.4) is 0 Å². The summed E-state index contributed by atoms with van der Waals surface area (Å²) in [4.78, 5) is 12.1. The largest absolute Gasteiger partial charge is 0.382 e. The smallest absolute Gasteiger partial charge is 0.251 e. The van der Waals surface area contributed by atoms with Gasteiger partial charge >= 0.3 is 0 Å². The number of hydrogen-bond donors (Lipinski definition) is 2. The Balaban J connectivity index is 0.00000441. The van der Waals surface area contributed by atoms with Crippen molar-refractivity contribution in [3.05, 3.63) is 35.1 Å². The number of rotatable bonds is 8. The average Bonchev–Trinajstić information content (AvgIpc) is 2.44. The van der Waals surface area contributed by atoms with Gasteiger partial charge in [-0.25, -0.2) is 4.39 Å². The van der Waals surface area contributed by atoms with Crippen LogP contribution in [-0.4, -0.2) is 38.3 Å². The molecule has 0 radical (unpaired) electrons. The van der Waals surface area contributed by atoms with Crippen LogP contribution in [0.25, 0.3) is 0 Å². The lowest BCUT2D eigenvalue weighted by molar-refractivity contribution is 0.0603. The number of carbonyl (C=O) groups excluding carboxylic acids is 1. The zero-order valence-corrected chi connectivity index (χ0v) is 14.0. The fraction of sp³-hybridized carbons (Fsp3) is 0.533. The van der Waals surface area contributed by atoms with Gasteiger partial charge in [0.05, 0.1) is 19.8 Å². The quantitative estimate of drug-likeness (QED) is 0.712. The summed E-state index contributed by atoms with van der Waals surface area (Å²) >= 11 is 0. The van der Waals surface area contributed by atoms with E-state index in [1.807, 2.05) is 13.8 Å². The van der Waals surface area contributed by atoms with Gasteiger partial charge < -0.3 is 20.5 Å². The molecular weight excluding hydrogens is 311 g/mol. The molecule has 1 rings (SSSR count). The summed E-state index contributed by atoms with van der Waals surface area (Å²) < 4.78 is 23.8. The van der Waals surface area contributed by atoms with Crippen molar-refractivity contribution in [3.63, 3.8) is 0 Å². The fourth-order valence-electron chi connectivity index (χ4n) is 1.58. The van der Waals surface area contributed by atoms with Crippen molar-refractivity contribution in [3.8, 4) is 0 Å². The van der Waals surface area contributed by atoms with Crippen LogP contribution in [-0.2, 0) is 16.1 Å². The van der Waals surface area contributed by atoms with Crippen LogP contribution in [0.15, 0.2) is 18.2 Å². The Morgan fingerprint density at radius 2 is 2.05 bits per heavy atom. The first kappa shape index (κ1) is 20.8. The topological polar surface area (TPSA) is 73.6 Å². The van der Waals surface area contributed by atoms with Gasteiger partial charge in [-0.15, -0.1) is 12.4 Å². The van der Waals surface area contributed by atoms with E-state index < -0.39 is 11.4 Å². The molecule has 0 unspecified atom stereocenters. The molecular formula is C15H24ClFN2O3. The minimum Gasteiger partial charge on any atom is -0.382 e. The molecule has 0 aliphatic carbocycles. The lowest BCUT2D eigenvalue weighted by Gasteiger charge is -2.24. The molecule has 0 aliphatic heterocycles. The minimum atomic E-state index is -0.513. The number of methoxy groups -OCH3 is 1. The number of hydrogen-bond acceptors (Lipinski definition) is 4. The van der Waals surface area contributed by atoms with Crippen LogP contribution in [0, 0.1) is 5.82 Å². The highest BCUT2D eigenvalue weighted by atomic mass is 35.5. The van der Waals surface area contributed by atoms with Crippen molar-refractivity contribution >= 4 is 18.3 Å². The number of benzene rings is 1. The van der Waals surface area contributed by atoms with Gasteiger partial charge in [0.2, 0.25) is 0 Å². The molecule has 22 heavy (non-hydrogen) atoms. The molecule has 0 spiro atoms. The first-order chi connectivity index (χ1) is 9.89. The molecule has 126 valence electrons. The lowest BCUT2D eigenvalue weighted by atomic mass is 10.0. The highest BCUT2D eigenvalue weighted by Gasteiger charge is 2.19. The number of carbonyl (C=O) groups is 1. The van der Waals surface area contributed by atoms with E-state index in [1.165, 1.54) is 18.2 Å². The van der Waals surface area contributed by atoms with E-state index in [1.54, 1.807) is 7.11 Å². The Labute approximate surface area is 136 Å². The third-order valence-electron chi connectivity index (χ3n) is 2.96. The van der Waals surface area contributed by atoms with Crippen LogP contribution in [0.4, 0.5) is 4.39 Å². The molecule has 1 aromatic carbocycles. The normalized spacial score (nSPS) is 11.0. The predicted octanol–water partition coefficient (Wildman–Crippen LogP) is 1.88. The average molecular weight is 335 g/mol. The fourth-order valence-corrected chi connectivity index (χ4v) is 1.58. The maximum atomic E-state index is 13.7. The molecule has 0 atom stereocenters. The number of nitrogens with two attached hydrogens (primary N) is 1. The number of amides is 1. The number of nitrogens with one attached hydrogen (secondary N) is 1. The third-order valence-corrected chi connectivity index (χ3v) is 2.96. The SMILES string of the molecule is COCCOCc1cc(C(=O)NC(C)(C)CN)ccc1F.Cl. The summed E-state index contributed by atoms with van der Waals surface area (Å²) in [5.41, 5.74) is 5.78. The Morgan fingerprint density at radius 3 is 2.64 bits per heavy atom. The van der Waals surface area contributed by atoms with Crippen LogP contribution in [0.1, 0.15) is 29.8 Å². The molecule has 0 aliphatic rings. The van der Waals surface area contributed by atoms with Crippen molar-refractivity contribution in [1.29, 1.82) is 0 Å². The minimum absolute atomic E-state index is 0. The van der Waals surface area contributed by atoms with Gasteiger partial charge in [0.1, 0.15) is 5.82 Å². The molecule has 7 heteroatoms. The van der Waals surface area contributed by atoms with Crippen molar-refractivity contribution < 1.29 is 18.7 Å². The molecule has 3 N–H and O–H groups in total. The monoisotopic (exact) mass is 334 g/mol. The highest BCUT2D eigenvalue weighted by Crippen LogP contribution is 2.13. The van der Waals surface area contributed by atoms with E-state index in [9.17, 15) is 9.18 Å². The molecule has 5 nitrogen and oxygen atoms in total. The zero-order chi connectivity index (χ0) is 15.9. The highest BCUT2D eigenvalue weighted by molar-refractivity contribution is 5.94. The molecule has 0 heterocycles. The summed E-state index contributed by atoms with van der Waals surface area (Å²) in [6.45, 7) is 4.86. The Bertz CT molecular complexity index is 484. The zero-order valence-electron chi connectivity index (χ0n) is 13.1. The lowest BCUT2D eigenvalue weighted by Crippen LogP contribution is -2.48. The van der Waals surface area contributed by atoms with Crippen molar-refractivity contribution in [2.75, 3.05) is 26.9 Å². The van der Waals surface area contributed by atoms with Crippen LogP contribution >= 0.6 is 12.4 Å². The number of halogens is 2. The van der Waals surface area contributed by atoms with E-state index in [4.69, 9.17) is 15.2 Å². The second-order valence-corrected chi connectivity index (χ2v) is 5.39. The molecule has 0 saturated heterocycles. The first-order valence-corrected chi connectivity index (χ1v) is 6.77. The first-order valence-electron chi connectivity index (χ1n) is 6.77. The maximum absolute atomic E-state index is 13.7. The van der Waals surface area contributed by atoms with Crippen molar-refractivity contribution in [1.82, 2.24) is 5.32 Å². The van der Waals surface area contributed by atoms with E-state index in [0.717, 1.165) is 0 Å². The van der Waals surface area contributed by atoms with Gasteiger partial charge in [0, 0.05) is 30.3 Å². The summed E-state index contributed by atoms with van der Waals surface area (Å²) in [5.74, 6) is -0.689. The van der Waals surface area contributed by atoms with Crippen molar-refractivity contribution in [2.45, 2.75) is 26.0 Å². The molecule has 0 aromatic heterocycles. The Morgan fingerprint density at radius 1 is 1.36 bits per heavy atom. The summed E-state index contributed by atoms with van der Waals surface area (Å²) in [6, 6.07) is 4.19. The van der Waals surface area contributed by atoms with Gasteiger partial charge in [-0.2, -0.15) is 0 Å². The summed E-state index contributed by atoms with van der Waals surface area (Å²) in [6.07, 6.45) is 0. The van der Waals surface area contributed by atoms with E-state index in [0.29, 0.717) is 30.9 Å².